The second kappa shape index (κ2) is 6.31. The maximum atomic E-state index is 12.8. The van der Waals surface area contributed by atoms with Crippen LogP contribution in [0.4, 0.5) is 10.5 Å². The number of rotatable bonds is 2. The number of pyridine rings is 1. The number of amides is 2. The van der Waals surface area contributed by atoms with Gasteiger partial charge in [0.05, 0.1) is 11.2 Å². The topological polar surface area (TPSA) is 82.5 Å². The van der Waals surface area contributed by atoms with Gasteiger partial charge in [-0.2, -0.15) is 0 Å². The maximum absolute atomic E-state index is 12.8. The summed E-state index contributed by atoms with van der Waals surface area (Å²) in [4.78, 5) is 29.8. The van der Waals surface area contributed by atoms with Crippen molar-refractivity contribution in [3.63, 3.8) is 0 Å². The minimum Gasteiger partial charge on any atom is -0.465 e. The summed E-state index contributed by atoms with van der Waals surface area (Å²) in [6.07, 6.45) is 2.46. The van der Waals surface area contributed by atoms with Gasteiger partial charge in [0, 0.05) is 24.0 Å². The Morgan fingerprint density at radius 2 is 2.08 bits per heavy atom. The summed E-state index contributed by atoms with van der Waals surface area (Å²) in [6.45, 7) is 4.00. The molecule has 24 heavy (non-hydrogen) atoms. The summed E-state index contributed by atoms with van der Waals surface area (Å²) >= 11 is 0. The van der Waals surface area contributed by atoms with Gasteiger partial charge in [-0.05, 0) is 24.6 Å². The Hall–Kier alpha value is -2.89. The molecule has 0 spiro atoms. The molecule has 2 N–H and O–H groups in total. The van der Waals surface area contributed by atoms with E-state index in [4.69, 9.17) is 0 Å². The van der Waals surface area contributed by atoms with E-state index >= 15 is 0 Å². The Morgan fingerprint density at radius 1 is 1.33 bits per heavy atom. The lowest BCUT2D eigenvalue weighted by Gasteiger charge is -2.23. The third kappa shape index (κ3) is 2.71. The van der Waals surface area contributed by atoms with Crippen LogP contribution < -0.4 is 5.32 Å². The van der Waals surface area contributed by atoms with Crippen molar-refractivity contribution in [1.29, 1.82) is 0 Å². The number of anilines is 1. The molecule has 6 heteroatoms. The van der Waals surface area contributed by atoms with Gasteiger partial charge in [-0.1, -0.05) is 31.2 Å². The Kier molecular flexibility index (Phi) is 4.20. The predicted octanol–water partition coefficient (Wildman–Crippen LogP) is 3.12. The van der Waals surface area contributed by atoms with Gasteiger partial charge in [-0.3, -0.25) is 14.7 Å². The number of nitrogens with one attached hydrogen (secondary N) is 1. The molecular weight excluding hydrogens is 306 g/mol. The van der Waals surface area contributed by atoms with Crippen molar-refractivity contribution in [1.82, 2.24) is 9.88 Å². The first-order chi connectivity index (χ1) is 11.5. The SMILES string of the molecule is CC=C1CN(C(=O)O)C(C(=O)Nc2cccc3cccnc23)C1C. The van der Waals surface area contributed by atoms with Crippen LogP contribution >= 0.6 is 0 Å². The number of fused-ring (bicyclic) bond motifs is 1. The normalized spacial score (nSPS) is 22.1. The van der Waals surface area contributed by atoms with Crippen molar-refractivity contribution in [2.45, 2.75) is 19.9 Å². The van der Waals surface area contributed by atoms with Crippen LogP contribution in [0.25, 0.3) is 10.9 Å². The van der Waals surface area contributed by atoms with Crippen molar-refractivity contribution in [3.05, 3.63) is 48.2 Å². The lowest BCUT2D eigenvalue weighted by molar-refractivity contribution is -0.120. The van der Waals surface area contributed by atoms with E-state index in [1.54, 1.807) is 12.3 Å². The number of allylic oxidation sites excluding steroid dienone is 1. The average Bonchev–Trinajstić information content (AvgIpc) is 2.92. The summed E-state index contributed by atoms with van der Waals surface area (Å²) in [5.41, 5.74) is 2.23. The van der Waals surface area contributed by atoms with E-state index in [1.165, 1.54) is 4.90 Å². The number of para-hydroxylation sites is 1. The quantitative estimate of drug-likeness (QED) is 0.831. The molecule has 2 amide bonds. The van der Waals surface area contributed by atoms with Crippen LogP contribution in [0.15, 0.2) is 48.2 Å². The molecule has 6 nitrogen and oxygen atoms in total. The van der Waals surface area contributed by atoms with Crippen molar-refractivity contribution < 1.29 is 14.7 Å². The lowest BCUT2D eigenvalue weighted by Crippen LogP contribution is -2.44. The first-order valence-corrected chi connectivity index (χ1v) is 7.82. The monoisotopic (exact) mass is 325 g/mol. The molecule has 1 aromatic carbocycles. The molecule has 0 radical (unpaired) electrons. The molecule has 1 aliphatic rings. The molecule has 1 aromatic heterocycles. The summed E-state index contributed by atoms with van der Waals surface area (Å²) in [7, 11) is 0. The molecule has 3 rings (SSSR count). The molecule has 2 unspecified atom stereocenters. The number of nitrogens with zero attached hydrogens (tertiary/aromatic N) is 2. The predicted molar refractivity (Wildman–Crippen MR) is 91.8 cm³/mol. The number of aromatic nitrogens is 1. The maximum Gasteiger partial charge on any atom is 0.408 e. The number of hydrogen-bond acceptors (Lipinski definition) is 3. The zero-order chi connectivity index (χ0) is 17.3. The van der Waals surface area contributed by atoms with Crippen LogP contribution in [0.2, 0.25) is 0 Å². The van der Waals surface area contributed by atoms with E-state index in [9.17, 15) is 14.7 Å². The minimum atomic E-state index is -1.09. The molecule has 0 bridgehead atoms. The molecule has 1 saturated heterocycles. The number of carbonyl (C=O) groups excluding carboxylic acids is 1. The number of carboxylic acid groups (broad SMARTS) is 1. The van der Waals surface area contributed by atoms with E-state index in [-0.39, 0.29) is 18.4 Å². The first kappa shape index (κ1) is 16.0. The van der Waals surface area contributed by atoms with Gasteiger partial charge < -0.3 is 10.4 Å². The number of carbonyl (C=O) groups is 2. The standard InChI is InChI=1S/C18H19N3O3/c1-3-12-10-21(18(23)24)16(11(12)2)17(22)20-14-8-4-6-13-7-5-9-19-15(13)14/h3-9,11,16H,10H2,1-2H3,(H,20,22)(H,23,24). The molecule has 1 aliphatic heterocycles. The number of benzene rings is 1. The van der Waals surface area contributed by atoms with Gasteiger partial charge in [0.15, 0.2) is 0 Å². The molecule has 2 heterocycles. The van der Waals surface area contributed by atoms with Gasteiger partial charge in [-0.15, -0.1) is 0 Å². The number of likely N-dealkylation sites (tertiary alicyclic amines) is 1. The summed E-state index contributed by atoms with van der Waals surface area (Å²) in [6, 6.07) is 8.53. The van der Waals surface area contributed by atoms with Crippen LogP contribution in [0.1, 0.15) is 13.8 Å². The third-order valence-electron chi connectivity index (χ3n) is 4.52. The Morgan fingerprint density at radius 3 is 2.79 bits per heavy atom. The lowest BCUT2D eigenvalue weighted by atomic mass is 9.97. The van der Waals surface area contributed by atoms with Crippen molar-refractivity contribution in [2.24, 2.45) is 5.92 Å². The fourth-order valence-corrected chi connectivity index (χ4v) is 3.23. The second-order valence-corrected chi connectivity index (χ2v) is 5.88. The second-order valence-electron chi connectivity index (χ2n) is 5.88. The Labute approximate surface area is 139 Å². The Bertz CT molecular complexity index is 826. The molecule has 0 saturated carbocycles. The minimum absolute atomic E-state index is 0.158. The van der Waals surface area contributed by atoms with Gasteiger partial charge in [-0.25, -0.2) is 4.79 Å². The van der Waals surface area contributed by atoms with Crippen LogP contribution in [-0.2, 0) is 4.79 Å². The van der Waals surface area contributed by atoms with Crippen LogP contribution in [0.5, 0.6) is 0 Å². The largest absolute Gasteiger partial charge is 0.465 e. The van der Waals surface area contributed by atoms with Gasteiger partial charge in [0.25, 0.3) is 0 Å². The zero-order valence-electron chi connectivity index (χ0n) is 13.6. The first-order valence-electron chi connectivity index (χ1n) is 7.82. The van der Waals surface area contributed by atoms with E-state index in [2.05, 4.69) is 10.3 Å². The fraction of sp³-hybridized carbons (Fsp3) is 0.278. The Balaban J connectivity index is 1.92. The van der Waals surface area contributed by atoms with Crippen LogP contribution in [0.3, 0.4) is 0 Å². The van der Waals surface area contributed by atoms with E-state index in [1.807, 2.05) is 44.2 Å². The van der Waals surface area contributed by atoms with Crippen molar-refractivity contribution in [2.75, 3.05) is 11.9 Å². The van der Waals surface area contributed by atoms with E-state index < -0.39 is 12.1 Å². The molecule has 1 fully saturated rings. The summed E-state index contributed by atoms with van der Waals surface area (Å²) < 4.78 is 0. The van der Waals surface area contributed by atoms with Crippen LogP contribution in [-0.4, -0.2) is 39.6 Å². The molecule has 124 valence electrons. The van der Waals surface area contributed by atoms with Crippen LogP contribution in [0, 0.1) is 5.92 Å². The van der Waals surface area contributed by atoms with Crippen molar-refractivity contribution >= 4 is 28.6 Å². The fourth-order valence-electron chi connectivity index (χ4n) is 3.23. The molecule has 2 aromatic rings. The summed E-state index contributed by atoms with van der Waals surface area (Å²) in [5.74, 6) is -0.492. The summed E-state index contributed by atoms with van der Waals surface area (Å²) in [5, 5.41) is 13.2. The smallest absolute Gasteiger partial charge is 0.408 e. The van der Waals surface area contributed by atoms with E-state index in [0.29, 0.717) is 11.2 Å². The molecule has 0 aliphatic carbocycles. The highest BCUT2D eigenvalue weighted by atomic mass is 16.4. The van der Waals surface area contributed by atoms with Gasteiger partial charge in [0.2, 0.25) is 5.91 Å². The van der Waals surface area contributed by atoms with Gasteiger partial charge >= 0.3 is 6.09 Å². The third-order valence-corrected chi connectivity index (χ3v) is 4.52. The van der Waals surface area contributed by atoms with Gasteiger partial charge in [0.1, 0.15) is 6.04 Å². The molecular formula is C18H19N3O3. The highest BCUT2D eigenvalue weighted by Crippen LogP contribution is 2.30. The van der Waals surface area contributed by atoms with Crippen molar-refractivity contribution in [3.8, 4) is 0 Å². The highest BCUT2D eigenvalue weighted by Gasteiger charge is 2.42. The zero-order valence-corrected chi connectivity index (χ0v) is 13.6. The molecule has 2 atom stereocenters. The number of hydrogen-bond donors (Lipinski definition) is 2. The van der Waals surface area contributed by atoms with E-state index in [0.717, 1.165) is 11.0 Å². The highest BCUT2D eigenvalue weighted by molar-refractivity contribution is 6.03. The average molecular weight is 325 g/mol.